The van der Waals surface area contributed by atoms with E-state index in [1.807, 2.05) is 4.68 Å². The highest BCUT2D eigenvalue weighted by Gasteiger charge is 2.28. The molecule has 1 aliphatic rings. The van der Waals surface area contributed by atoms with Crippen molar-refractivity contribution in [3.05, 3.63) is 5.82 Å². The topological polar surface area (TPSA) is 67.7 Å². The molecule has 16 heavy (non-hydrogen) atoms. The van der Waals surface area contributed by atoms with E-state index in [1.165, 1.54) is 0 Å². The molecule has 2 N–H and O–H groups in total. The smallest absolute Gasteiger partial charge is 0.165 e. The second-order valence-electron chi connectivity index (χ2n) is 4.66. The normalized spacial score (nSPS) is 25.1. The van der Waals surface area contributed by atoms with Gasteiger partial charge in [0.05, 0.1) is 6.54 Å². The third kappa shape index (κ3) is 2.56. The zero-order valence-corrected chi connectivity index (χ0v) is 10.0. The Morgan fingerprint density at radius 3 is 3.12 bits per heavy atom. The Bertz CT molecular complexity index is 328. The van der Waals surface area contributed by atoms with E-state index in [1.54, 1.807) is 0 Å². The van der Waals surface area contributed by atoms with E-state index >= 15 is 0 Å². The molecule has 1 aromatic rings. The molecule has 0 aliphatic carbocycles. The summed E-state index contributed by atoms with van der Waals surface area (Å²) in [7, 11) is 0. The van der Waals surface area contributed by atoms with E-state index in [-0.39, 0.29) is 5.54 Å². The first-order valence-corrected chi connectivity index (χ1v) is 5.94. The van der Waals surface area contributed by atoms with Crippen LogP contribution in [0.3, 0.4) is 0 Å². The minimum Gasteiger partial charge on any atom is -0.315 e. The van der Waals surface area contributed by atoms with Gasteiger partial charge in [0.2, 0.25) is 0 Å². The Kier molecular flexibility index (Phi) is 3.50. The maximum absolute atomic E-state index is 4.05. The molecule has 6 heteroatoms. The van der Waals surface area contributed by atoms with E-state index in [0.29, 0.717) is 0 Å². The van der Waals surface area contributed by atoms with E-state index in [0.717, 1.165) is 44.8 Å². The van der Waals surface area contributed by atoms with Crippen molar-refractivity contribution >= 4 is 0 Å². The molecule has 1 atom stereocenters. The molecular weight excluding hydrogens is 204 g/mol. The zero-order chi connectivity index (χ0) is 11.4. The van der Waals surface area contributed by atoms with Crippen LogP contribution < -0.4 is 10.6 Å². The first-order valence-electron chi connectivity index (χ1n) is 5.94. The van der Waals surface area contributed by atoms with Crippen molar-refractivity contribution in [2.24, 2.45) is 0 Å². The average Bonchev–Trinajstić information content (AvgIpc) is 2.86. The van der Waals surface area contributed by atoms with Gasteiger partial charge in [-0.1, -0.05) is 6.92 Å². The molecule has 90 valence electrons. The molecule has 1 saturated heterocycles. The second-order valence-corrected chi connectivity index (χ2v) is 4.66. The van der Waals surface area contributed by atoms with Gasteiger partial charge >= 0.3 is 0 Å². The van der Waals surface area contributed by atoms with E-state index < -0.39 is 0 Å². The molecule has 2 rings (SSSR count). The van der Waals surface area contributed by atoms with Crippen LogP contribution in [-0.4, -0.2) is 38.8 Å². The zero-order valence-electron chi connectivity index (χ0n) is 10.0. The molecule has 0 amide bonds. The Balaban J connectivity index is 1.91. The summed E-state index contributed by atoms with van der Waals surface area (Å²) in [5, 5.41) is 18.6. The Hall–Kier alpha value is -1.01. The van der Waals surface area contributed by atoms with Gasteiger partial charge in [-0.05, 0) is 36.7 Å². The SMILES string of the molecule is CCCn1nnnc1CNC1(C)CCNC1. The fourth-order valence-electron chi connectivity index (χ4n) is 2.00. The summed E-state index contributed by atoms with van der Waals surface area (Å²) in [5.41, 5.74) is 0.184. The third-order valence-corrected chi connectivity index (χ3v) is 3.08. The van der Waals surface area contributed by atoms with Gasteiger partial charge < -0.3 is 10.6 Å². The van der Waals surface area contributed by atoms with Crippen molar-refractivity contribution in [2.45, 2.75) is 45.3 Å². The lowest BCUT2D eigenvalue weighted by Crippen LogP contribution is -2.44. The number of nitrogens with one attached hydrogen (secondary N) is 2. The van der Waals surface area contributed by atoms with Gasteiger partial charge in [0.25, 0.3) is 0 Å². The summed E-state index contributed by atoms with van der Waals surface area (Å²) >= 11 is 0. The molecule has 0 radical (unpaired) electrons. The standard InChI is InChI=1S/C10H20N6/c1-3-6-16-9(13-14-15-16)7-12-10(2)4-5-11-8-10/h11-12H,3-8H2,1-2H3. The summed E-state index contributed by atoms with van der Waals surface area (Å²) in [6, 6.07) is 0. The van der Waals surface area contributed by atoms with Gasteiger partial charge in [0.1, 0.15) is 0 Å². The third-order valence-electron chi connectivity index (χ3n) is 3.08. The Morgan fingerprint density at radius 1 is 1.56 bits per heavy atom. The highest BCUT2D eigenvalue weighted by Crippen LogP contribution is 2.13. The van der Waals surface area contributed by atoms with Gasteiger partial charge in [0, 0.05) is 18.6 Å². The predicted octanol–water partition coefficient (Wildman–Crippen LogP) is -0.0753. The van der Waals surface area contributed by atoms with Crippen molar-refractivity contribution in [1.29, 1.82) is 0 Å². The lowest BCUT2D eigenvalue weighted by atomic mass is 10.0. The minimum absolute atomic E-state index is 0.184. The van der Waals surface area contributed by atoms with Crippen LogP contribution in [0.2, 0.25) is 0 Å². The van der Waals surface area contributed by atoms with Crippen molar-refractivity contribution in [3.63, 3.8) is 0 Å². The lowest BCUT2D eigenvalue weighted by Gasteiger charge is -2.24. The minimum atomic E-state index is 0.184. The first kappa shape index (κ1) is 11.5. The van der Waals surface area contributed by atoms with Crippen LogP contribution >= 0.6 is 0 Å². The molecule has 0 spiro atoms. The Labute approximate surface area is 95.8 Å². The van der Waals surface area contributed by atoms with Gasteiger partial charge in [0.15, 0.2) is 5.82 Å². The van der Waals surface area contributed by atoms with Gasteiger partial charge in [-0.3, -0.25) is 0 Å². The lowest BCUT2D eigenvalue weighted by molar-refractivity contribution is 0.373. The largest absolute Gasteiger partial charge is 0.315 e. The molecule has 1 fully saturated rings. The van der Waals surface area contributed by atoms with Crippen LogP contribution in [0.4, 0.5) is 0 Å². The maximum Gasteiger partial charge on any atom is 0.165 e. The van der Waals surface area contributed by atoms with E-state index in [2.05, 4.69) is 40.0 Å². The van der Waals surface area contributed by atoms with E-state index in [4.69, 9.17) is 0 Å². The number of aromatic nitrogens is 4. The van der Waals surface area contributed by atoms with Crippen LogP contribution in [0.15, 0.2) is 0 Å². The highest BCUT2D eigenvalue weighted by atomic mass is 15.5. The van der Waals surface area contributed by atoms with Crippen LogP contribution in [0.5, 0.6) is 0 Å². The number of tetrazole rings is 1. The van der Waals surface area contributed by atoms with Gasteiger partial charge in [-0.25, -0.2) is 4.68 Å². The van der Waals surface area contributed by atoms with Crippen LogP contribution in [0, 0.1) is 0 Å². The fraction of sp³-hybridized carbons (Fsp3) is 0.900. The average molecular weight is 224 g/mol. The number of rotatable bonds is 5. The molecule has 6 nitrogen and oxygen atoms in total. The molecule has 1 aromatic heterocycles. The second kappa shape index (κ2) is 4.88. The number of hydrogen-bond acceptors (Lipinski definition) is 5. The van der Waals surface area contributed by atoms with Crippen molar-refractivity contribution < 1.29 is 0 Å². The molecule has 1 unspecified atom stereocenters. The van der Waals surface area contributed by atoms with Crippen molar-refractivity contribution in [1.82, 2.24) is 30.8 Å². The predicted molar refractivity (Wildman–Crippen MR) is 60.8 cm³/mol. The van der Waals surface area contributed by atoms with Crippen molar-refractivity contribution in [2.75, 3.05) is 13.1 Å². The number of nitrogens with zero attached hydrogens (tertiary/aromatic N) is 4. The molecule has 0 bridgehead atoms. The summed E-state index contributed by atoms with van der Waals surface area (Å²) in [6.45, 7) is 8.10. The van der Waals surface area contributed by atoms with Gasteiger partial charge in [-0.15, -0.1) is 5.10 Å². The highest BCUT2D eigenvalue weighted by molar-refractivity contribution is 4.93. The first-order chi connectivity index (χ1) is 7.73. The summed E-state index contributed by atoms with van der Waals surface area (Å²) in [5.74, 6) is 0.926. The van der Waals surface area contributed by atoms with Crippen molar-refractivity contribution in [3.8, 4) is 0 Å². The molecular formula is C10H20N6. The monoisotopic (exact) mass is 224 g/mol. The Morgan fingerprint density at radius 2 is 2.44 bits per heavy atom. The van der Waals surface area contributed by atoms with E-state index in [9.17, 15) is 0 Å². The summed E-state index contributed by atoms with van der Waals surface area (Å²) < 4.78 is 1.87. The number of aryl methyl sites for hydroxylation is 1. The molecule has 0 saturated carbocycles. The fourth-order valence-corrected chi connectivity index (χ4v) is 2.00. The molecule has 2 heterocycles. The van der Waals surface area contributed by atoms with Crippen LogP contribution in [-0.2, 0) is 13.1 Å². The summed E-state index contributed by atoms with van der Waals surface area (Å²) in [4.78, 5) is 0. The molecule has 0 aromatic carbocycles. The van der Waals surface area contributed by atoms with Gasteiger partial charge in [-0.2, -0.15) is 0 Å². The maximum atomic E-state index is 4.05. The quantitative estimate of drug-likeness (QED) is 0.732. The summed E-state index contributed by atoms with van der Waals surface area (Å²) in [6.07, 6.45) is 2.21. The van der Waals surface area contributed by atoms with Crippen LogP contribution in [0.25, 0.3) is 0 Å². The molecule has 1 aliphatic heterocycles. The van der Waals surface area contributed by atoms with Crippen LogP contribution in [0.1, 0.15) is 32.5 Å². The number of hydrogen-bond donors (Lipinski definition) is 2.